The van der Waals surface area contributed by atoms with Crippen molar-refractivity contribution in [2.75, 3.05) is 0 Å². The summed E-state index contributed by atoms with van der Waals surface area (Å²) in [6, 6.07) is 12.7. The molecule has 1 heterocycles. The van der Waals surface area contributed by atoms with Crippen molar-refractivity contribution in [1.29, 1.82) is 0 Å². The molecule has 0 atom stereocenters. The van der Waals surface area contributed by atoms with Crippen LogP contribution in [0.5, 0.6) is 5.88 Å². The molecule has 2 aromatic rings. The van der Waals surface area contributed by atoms with E-state index in [1.54, 1.807) is 6.07 Å². The van der Waals surface area contributed by atoms with E-state index in [0.717, 1.165) is 13.0 Å². The lowest BCUT2D eigenvalue weighted by molar-refractivity contribution is 0.352. The highest BCUT2D eigenvalue weighted by Crippen LogP contribution is 2.44. The Labute approximate surface area is 121 Å². The highest BCUT2D eigenvalue weighted by Gasteiger charge is 2.35. The van der Waals surface area contributed by atoms with E-state index in [-0.39, 0.29) is 0 Å². The van der Waals surface area contributed by atoms with Gasteiger partial charge in [0.2, 0.25) is 0 Å². The van der Waals surface area contributed by atoms with Crippen LogP contribution in [-0.4, -0.2) is 9.67 Å². The Morgan fingerprint density at radius 3 is 2.40 bits per heavy atom. The minimum atomic E-state index is 0.310. The summed E-state index contributed by atoms with van der Waals surface area (Å²) >= 11 is 0. The van der Waals surface area contributed by atoms with Gasteiger partial charge in [-0.2, -0.15) is 0 Å². The quantitative estimate of drug-likeness (QED) is 0.874. The lowest BCUT2D eigenvalue weighted by Gasteiger charge is -2.30. The number of aromatic nitrogens is 1. The van der Waals surface area contributed by atoms with Crippen molar-refractivity contribution in [1.82, 2.24) is 4.57 Å². The van der Waals surface area contributed by atoms with Crippen LogP contribution in [0, 0.1) is 6.92 Å². The van der Waals surface area contributed by atoms with Gasteiger partial charge in [0.15, 0.2) is 5.88 Å². The maximum absolute atomic E-state index is 9.78. The largest absolute Gasteiger partial charge is 0.494 e. The summed E-state index contributed by atoms with van der Waals surface area (Å²) in [7, 11) is 0. The highest BCUT2D eigenvalue weighted by molar-refractivity contribution is 5.30. The predicted molar refractivity (Wildman–Crippen MR) is 82.0 cm³/mol. The summed E-state index contributed by atoms with van der Waals surface area (Å²) in [4.78, 5) is 0. The minimum absolute atomic E-state index is 0.310. The zero-order valence-corrected chi connectivity index (χ0v) is 12.2. The van der Waals surface area contributed by atoms with Crippen molar-refractivity contribution in [2.24, 2.45) is 0 Å². The van der Waals surface area contributed by atoms with E-state index >= 15 is 0 Å². The minimum Gasteiger partial charge on any atom is -0.494 e. The molecular formula is C18H23NO. The lowest BCUT2D eigenvalue weighted by Crippen LogP contribution is -2.24. The monoisotopic (exact) mass is 269 g/mol. The van der Waals surface area contributed by atoms with E-state index in [9.17, 15) is 5.11 Å². The van der Waals surface area contributed by atoms with E-state index in [2.05, 4.69) is 31.2 Å². The zero-order valence-electron chi connectivity index (χ0n) is 12.2. The van der Waals surface area contributed by atoms with Gasteiger partial charge in [0.1, 0.15) is 0 Å². The Kier molecular flexibility index (Phi) is 3.56. The number of hydrogen-bond donors (Lipinski definition) is 1. The van der Waals surface area contributed by atoms with Gasteiger partial charge >= 0.3 is 0 Å². The smallest absolute Gasteiger partial charge is 0.190 e. The third kappa shape index (κ3) is 2.47. The van der Waals surface area contributed by atoms with Crippen LogP contribution in [0.2, 0.25) is 0 Å². The highest BCUT2D eigenvalue weighted by atomic mass is 16.3. The maximum Gasteiger partial charge on any atom is 0.190 e. The molecule has 106 valence electrons. The molecule has 0 amide bonds. The predicted octanol–water partition coefficient (Wildman–Crippen LogP) is 4.40. The molecule has 2 nitrogen and oxygen atoms in total. The first-order valence-corrected chi connectivity index (χ1v) is 7.61. The van der Waals surface area contributed by atoms with Crippen LogP contribution in [-0.2, 0) is 12.0 Å². The molecule has 0 aliphatic heterocycles. The van der Waals surface area contributed by atoms with Gasteiger partial charge in [-0.25, -0.2) is 0 Å². The van der Waals surface area contributed by atoms with E-state index in [4.69, 9.17) is 0 Å². The molecule has 0 unspecified atom stereocenters. The van der Waals surface area contributed by atoms with Crippen LogP contribution in [0.4, 0.5) is 0 Å². The molecule has 1 fully saturated rings. The molecule has 1 N–H and O–H groups in total. The summed E-state index contributed by atoms with van der Waals surface area (Å²) < 4.78 is 1.95. The number of hydrogen-bond acceptors (Lipinski definition) is 1. The van der Waals surface area contributed by atoms with Gasteiger partial charge in [-0.15, -0.1) is 0 Å². The van der Waals surface area contributed by atoms with E-state index in [1.807, 2.05) is 16.8 Å². The van der Waals surface area contributed by atoms with Gasteiger partial charge in [-0.1, -0.05) is 42.7 Å². The van der Waals surface area contributed by atoms with E-state index in [0.29, 0.717) is 11.3 Å². The number of aromatic hydroxyl groups is 1. The van der Waals surface area contributed by atoms with Crippen molar-refractivity contribution < 1.29 is 5.11 Å². The second-order valence-electron chi connectivity index (χ2n) is 6.16. The molecule has 3 rings (SSSR count). The normalized spacial score (nSPS) is 17.4. The molecular weight excluding hydrogens is 246 g/mol. The van der Waals surface area contributed by atoms with E-state index < -0.39 is 0 Å². The molecule has 1 aliphatic carbocycles. The third-order valence-corrected chi connectivity index (χ3v) is 4.86. The zero-order chi connectivity index (χ0) is 14.0. The van der Waals surface area contributed by atoms with Gasteiger partial charge in [0.25, 0.3) is 0 Å². The Morgan fingerprint density at radius 2 is 1.80 bits per heavy atom. The summed E-state index contributed by atoms with van der Waals surface area (Å²) in [5.41, 5.74) is 3.11. The van der Waals surface area contributed by atoms with Crippen LogP contribution in [0.25, 0.3) is 0 Å². The molecule has 1 aliphatic rings. The second kappa shape index (κ2) is 5.35. The average Bonchev–Trinajstić information content (AvgIpc) is 3.07. The average molecular weight is 269 g/mol. The summed E-state index contributed by atoms with van der Waals surface area (Å²) in [5.74, 6) is 0.377. The Bertz CT molecular complexity index is 561. The molecule has 20 heavy (non-hydrogen) atoms. The summed E-state index contributed by atoms with van der Waals surface area (Å²) in [6.07, 6.45) is 8.28. The van der Waals surface area contributed by atoms with Crippen LogP contribution in [0.3, 0.4) is 0 Å². The lowest BCUT2D eigenvalue weighted by atomic mass is 9.76. The van der Waals surface area contributed by atoms with Crippen LogP contribution in [0.15, 0.2) is 42.6 Å². The SMILES string of the molecule is Cc1ccc(C2(CCn3cccc3O)CCCC2)cc1. The number of aryl methyl sites for hydroxylation is 2. The molecule has 0 saturated heterocycles. The molecule has 2 heteroatoms. The van der Waals surface area contributed by atoms with Gasteiger partial charge in [-0.3, -0.25) is 0 Å². The van der Waals surface area contributed by atoms with Gasteiger partial charge in [0, 0.05) is 12.7 Å². The maximum atomic E-state index is 9.78. The van der Waals surface area contributed by atoms with Crippen molar-refractivity contribution in [2.45, 2.75) is 51.0 Å². The van der Waals surface area contributed by atoms with Crippen molar-refractivity contribution in [3.63, 3.8) is 0 Å². The fourth-order valence-electron chi connectivity index (χ4n) is 3.57. The standard InChI is InChI=1S/C18H23NO/c1-15-6-8-16(9-7-15)18(10-2-3-11-18)12-14-19-13-4-5-17(19)20/h4-9,13,20H,2-3,10-12,14H2,1H3. The van der Waals surface area contributed by atoms with Gasteiger partial charge in [-0.05, 0) is 49.3 Å². The molecule has 0 radical (unpaired) electrons. The van der Waals surface area contributed by atoms with Crippen LogP contribution >= 0.6 is 0 Å². The molecule has 0 spiro atoms. The summed E-state index contributed by atoms with van der Waals surface area (Å²) in [6.45, 7) is 3.04. The molecule has 1 aromatic carbocycles. The van der Waals surface area contributed by atoms with Gasteiger partial charge < -0.3 is 9.67 Å². The molecule has 0 bridgehead atoms. The fraction of sp³-hybridized carbons (Fsp3) is 0.444. The van der Waals surface area contributed by atoms with Gasteiger partial charge in [0.05, 0.1) is 0 Å². The van der Waals surface area contributed by atoms with E-state index in [1.165, 1.54) is 36.8 Å². The topological polar surface area (TPSA) is 25.2 Å². The van der Waals surface area contributed by atoms with Crippen LogP contribution < -0.4 is 0 Å². The fourth-order valence-corrected chi connectivity index (χ4v) is 3.57. The molecule has 1 aromatic heterocycles. The third-order valence-electron chi connectivity index (χ3n) is 4.86. The number of nitrogens with zero attached hydrogens (tertiary/aromatic N) is 1. The first kappa shape index (κ1) is 13.3. The Hall–Kier alpha value is -1.70. The van der Waals surface area contributed by atoms with Crippen molar-refractivity contribution >= 4 is 0 Å². The Balaban J connectivity index is 1.81. The number of rotatable bonds is 4. The first-order valence-electron chi connectivity index (χ1n) is 7.61. The second-order valence-corrected chi connectivity index (χ2v) is 6.16. The Morgan fingerprint density at radius 1 is 1.10 bits per heavy atom. The number of benzene rings is 1. The first-order chi connectivity index (χ1) is 9.70. The van der Waals surface area contributed by atoms with Crippen molar-refractivity contribution in [3.8, 4) is 5.88 Å². The van der Waals surface area contributed by atoms with Crippen molar-refractivity contribution in [3.05, 3.63) is 53.7 Å². The summed E-state index contributed by atoms with van der Waals surface area (Å²) in [5, 5.41) is 9.78. The molecule has 1 saturated carbocycles. The van der Waals surface area contributed by atoms with Crippen LogP contribution in [0.1, 0.15) is 43.2 Å².